The van der Waals surface area contributed by atoms with Crippen molar-refractivity contribution in [3.63, 3.8) is 0 Å². The van der Waals surface area contributed by atoms with Gasteiger partial charge in [0, 0.05) is 28.7 Å². The summed E-state index contributed by atoms with van der Waals surface area (Å²) in [6.45, 7) is 4.57. The number of hydrogen-bond acceptors (Lipinski definition) is 6. The Morgan fingerprint density at radius 2 is 1.74 bits per heavy atom. The molecule has 3 aromatic rings. The number of fused-ring (bicyclic) bond motifs is 3. The largest absolute Gasteiger partial charge is 0.497 e. The van der Waals surface area contributed by atoms with E-state index in [1.165, 1.54) is 0 Å². The van der Waals surface area contributed by atoms with Crippen molar-refractivity contribution in [2.45, 2.75) is 31.8 Å². The van der Waals surface area contributed by atoms with E-state index in [0.29, 0.717) is 23.7 Å². The molecule has 6 nitrogen and oxygen atoms in total. The molecule has 2 aliphatic rings. The molecule has 5 rings (SSSR count). The van der Waals surface area contributed by atoms with Crippen LogP contribution < -0.4 is 23.7 Å². The van der Waals surface area contributed by atoms with E-state index in [-0.39, 0.29) is 17.3 Å². The van der Waals surface area contributed by atoms with E-state index in [4.69, 9.17) is 23.7 Å². The van der Waals surface area contributed by atoms with Gasteiger partial charge in [-0.05, 0) is 86.5 Å². The van der Waals surface area contributed by atoms with E-state index in [1.54, 1.807) is 57.7 Å². The molecule has 6 heteroatoms. The van der Waals surface area contributed by atoms with Gasteiger partial charge >= 0.3 is 0 Å². The quantitative estimate of drug-likeness (QED) is 0.266. The third-order valence-electron chi connectivity index (χ3n) is 6.97. The summed E-state index contributed by atoms with van der Waals surface area (Å²) in [5.74, 6) is 3.73. The molecule has 1 atom stereocenters. The highest BCUT2D eigenvalue weighted by Crippen LogP contribution is 2.45. The molecule has 2 aliphatic heterocycles. The maximum atomic E-state index is 12.8. The third kappa shape index (κ3) is 4.99. The number of hydrogen-bond donors (Lipinski definition) is 0. The maximum Gasteiger partial charge on any atom is 0.185 e. The van der Waals surface area contributed by atoms with Crippen molar-refractivity contribution in [1.82, 2.24) is 0 Å². The topological polar surface area (TPSA) is 63.2 Å². The summed E-state index contributed by atoms with van der Waals surface area (Å²) in [5, 5.41) is 0. The first kappa shape index (κ1) is 25.5. The predicted molar refractivity (Wildman–Crippen MR) is 148 cm³/mol. The molecule has 0 amide bonds. The van der Waals surface area contributed by atoms with Crippen LogP contribution >= 0.6 is 0 Å². The van der Waals surface area contributed by atoms with Crippen LogP contribution in [-0.4, -0.2) is 39.3 Å². The van der Waals surface area contributed by atoms with Crippen molar-refractivity contribution < 1.29 is 28.5 Å². The minimum Gasteiger partial charge on any atom is -0.497 e. The first-order chi connectivity index (χ1) is 18.3. The lowest BCUT2D eigenvalue weighted by atomic mass is 9.87. The number of ether oxygens (including phenoxy) is 5. The number of rotatable bonds is 7. The first-order valence-electron chi connectivity index (χ1n) is 12.6. The van der Waals surface area contributed by atoms with Crippen LogP contribution in [0.25, 0.3) is 12.2 Å². The van der Waals surface area contributed by atoms with E-state index in [2.05, 4.69) is 18.2 Å². The molecule has 0 unspecified atom stereocenters. The standard InChI is InChI=1S/C32H32O6/c1-32(2)15-14-25-28(38-32)13-9-22-16-23(19-37-31(22)25)26-17-21(29(35-4)18-30(26)36-5)8-12-27(33)20-6-10-24(34-3)11-7-20/h6-15,17-18,23H,16,19H2,1-5H3/b12-8+/t23-/m0/s1. The molecule has 0 N–H and O–H groups in total. The van der Waals surface area contributed by atoms with Crippen molar-refractivity contribution in [3.05, 3.63) is 88.5 Å². The number of allylic oxidation sites excluding steroid dienone is 1. The number of methoxy groups -OCH3 is 3. The molecular formula is C32H32O6. The minimum atomic E-state index is -0.340. The van der Waals surface area contributed by atoms with Crippen LogP contribution in [0, 0.1) is 0 Å². The highest BCUT2D eigenvalue weighted by molar-refractivity contribution is 6.07. The smallest absolute Gasteiger partial charge is 0.185 e. The summed E-state index contributed by atoms with van der Waals surface area (Å²) in [7, 11) is 4.86. The molecule has 0 bridgehead atoms. The molecular weight excluding hydrogens is 480 g/mol. The second-order valence-electron chi connectivity index (χ2n) is 9.98. The van der Waals surface area contributed by atoms with Crippen LogP contribution in [0.15, 0.2) is 60.7 Å². The fourth-order valence-corrected chi connectivity index (χ4v) is 4.93. The van der Waals surface area contributed by atoms with Crippen molar-refractivity contribution in [1.29, 1.82) is 0 Å². The zero-order valence-corrected chi connectivity index (χ0v) is 22.4. The average molecular weight is 513 g/mol. The summed E-state index contributed by atoms with van der Waals surface area (Å²) in [6, 6.07) is 15.0. The van der Waals surface area contributed by atoms with Gasteiger partial charge < -0.3 is 23.7 Å². The van der Waals surface area contributed by atoms with E-state index in [1.807, 2.05) is 32.0 Å². The van der Waals surface area contributed by atoms with Gasteiger partial charge in [0.05, 0.1) is 33.5 Å². The van der Waals surface area contributed by atoms with Crippen molar-refractivity contribution in [2.24, 2.45) is 0 Å². The van der Waals surface area contributed by atoms with Crippen LogP contribution in [0.3, 0.4) is 0 Å². The Kier molecular flexibility index (Phi) is 6.89. The summed E-state index contributed by atoms with van der Waals surface area (Å²) in [6.07, 6.45) is 8.28. The molecule has 0 fully saturated rings. The van der Waals surface area contributed by atoms with Crippen LogP contribution in [-0.2, 0) is 6.42 Å². The number of benzene rings is 3. The van der Waals surface area contributed by atoms with Gasteiger partial charge in [-0.3, -0.25) is 4.79 Å². The lowest BCUT2D eigenvalue weighted by Gasteiger charge is -2.32. The zero-order chi connectivity index (χ0) is 26.9. The molecule has 0 aromatic heterocycles. The SMILES string of the molecule is COc1ccc(C(=O)/C=C/c2cc([C@@H]3COc4c(ccc5c4C=CC(C)(C)O5)C3)c(OC)cc2OC)cc1. The predicted octanol–water partition coefficient (Wildman–Crippen LogP) is 6.51. The van der Waals surface area contributed by atoms with Gasteiger partial charge in [-0.1, -0.05) is 6.07 Å². The monoisotopic (exact) mass is 512 g/mol. The molecule has 0 saturated heterocycles. The molecule has 196 valence electrons. The van der Waals surface area contributed by atoms with E-state index in [0.717, 1.165) is 45.9 Å². The Labute approximate surface area is 223 Å². The molecule has 0 spiro atoms. The Bertz CT molecular complexity index is 1410. The second-order valence-corrected chi connectivity index (χ2v) is 9.98. The highest BCUT2D eigenvalue weighted by Gasteiger charge is 2.30. The summed E-state index contributed by atoms with van der Waals surface area (Å²) < 4.78 is 29.0. The lowest BCUT2D eigenvalue weighted by molar-refractivity contribution is 0.104. The third-order valence-corrected chi connectivity index (χ3v) is 6.97. The van der Waals surface area contributed by atoms with Gasteiger partial charge in [-0.2, -0.15) is 0 Å². The summed E-state index contributed by atoms with van der Waals surface area (Å²) in [5.41, 5.74) is 4.14. The average Bonchev–Trinajstić information content (AvgIpc) is 2.94. The van der Waals surface area contributed by atoms with Crippen molar-refractivity contribution in [2.75, 3.05) is 27.9 Å². The lowest BCUT2D eigenvalue weighted by Crippen LogP contribution is -2.28. The van der Waals surface area contributed by atoms with E-state index < -0.39 is 0 Å². The molecule has 0 radical (unpaired) electrons. The van der Waals surface area contributed by atoms with Gasteiger partial charge in [0.15, 0.2) is 5.78 Å². The molecule has 3 aromatic carbocycles. The number of ketones is 1. The first-order valence-corrected chi connectivity index (χ1v) is 12.6. The van der Waals surface area contributed by atoms with E-state index >= 15 is 0 Å². The molecule has 0 aliphatic carbocycles. The Morgan fingerprint density at radius 1 is 0.974 bits per heavy atom. The van der Waals surface area contributed by atoms with E-state index in [9.17, 15) is 4.79 Å². The van der Waals surface area contributed by atoms with Crippen LogP contribution in [0.4, 0.5) is 0 Å². The van der Waals surface area contributed by atoms with Gasteiger partial charge in [-0.15, -0.1) is 0 Å². The summed E-state index contributed by atoms with van der Waals surface area (Å²) in [4.78, 5) is 12.8. The summed E-state index contributed by atoms with van der Waals surface area (Å²) >= 11 is 0. The van der Waals surface area contributed by atoms with Crippen molar-refractivity contribution in [3.8, 4) is 28.7 Å². The maximum absolute atomic E-state index is 12.8. The Balaban J connectivity index is 1.43. The highest BCUT2D eigenvalue weighted by atomic mass is 16.5. The molecule has 2 heterocycles. The fraction of sp³-hybridized carbons (Fsp3) is 0.281. The van der Waals surface area contributed by atoms with Gasteiger partial charge in [0.1, 0.15) is 34.3 Å². The van der Waals surface area contributed by atoms with Gasteiger partial charge in [0.25, 0.3) is 0 Å². The Morgan fingerprint density at radius 3 is 2.45 bits per heavy atom. The fourth-order valence-electron chi connectivity index (χ4n) is 4.93. The van der Waals surface area contributed by atoms with Crippen molar-refractivity contribution >= 4 is 17.9 Å². The van der Waals surface area contributed by atoms with Gasteiger partial charge in [-0.25, -0.2) is 0 Å². The number of carbonyl (C=O) groups excluding carboxylic acids is 1. The van der Waals surface area contributed by atoms with Crippen LogP contribution in [0.2, 0.25) is 0 Å². The number of carbonyl (C=O) groups is 1. The zero-order valence-electron chi connectivity index (χ0n) is 22.4. The molecule has 0 saturated carbocycles. The van der Waals surface area contributed by atoms with Crippen LogP contribution in [0.5, 0.6) is 28.7 Å². The van der Waals surface area contributed by atoms with Crippen LogP contribution in [0.1, 0.15) is 52.4 Å². The minimum absolute atomic E-state index is 0.0655. The Hall–Kier alpha value is -4.19. The molecule has 38 heavy (non-hydrogen) atoms. The van der Waals surface area contributed by atoms with Gasteiger partial charge in [0.2, 0.25) is 0 Å². The normalized spacial score (nSPS) is 17.1. The second kappa shape index (κ2) is 10.3.